The van der Waals surface area contributed by atoms with Crippen molar-refractivity contribution in [2.75, 3.05) is 26.2 Å². The highest BCUT2D eigenvalue weighted by atomic mass is 16.5. The third-order valence-electron chi connectivity index (χ3n) is 6.11. The van der Waals surface area contributed by atoms with Gasteiger partial charge in [-0.1, -0.05) is 6.07 Å². The lowest BCUT2D eigenvalue weighted by molar-refractivity contribution is 0.0594. The molecule has 28 heavy (non-hydrogen) atoms. The number of H-pyrrole nitrogens is 1. The largest absolute Gasteiger partial charge is 0.490 e. The molecule has 0 bridgehead atoms. The van der Waals surface area contributed by atoms with E-state index in [0.29, 0.717) is 5.92 Å². The lowest BCUT2D eigenvalue weighted by Gasteiger charge is -2.32. The number of likely N-dealkylation sites (tertiary alicyclic amines) is 1. The van der Waals surface area contributed by atoms with Crippen LogP contribution in [0, 0.1) is 13.8 Å². The van der Waals surface area contributed by atoms with Crippen LogP contribution in [0.15, 0.2) is 24.4 Å². The fourth-order valence-corrected chi connectivity index (χ4v) is 4.20. The maximum Gasteiger partial charge on any atom is 0.257 e. The lowest BCUT2D eigenvalue weighted by atomic mass is 9.93. The van der Waals surface area contributed by atoms with Crippen LogP contribution in [0.2, 0.25) is 0 Å². The summed E-state index contributed by atoms with van der Waals surface area (Å²) in [7, 11) is 0. The standard InChI is InChI=1S/C22H30N4O2/c1-15-5-6-19(12-16(15)2)28-18-7-10-26(11-8-18)22(27)20-14-24-25-21(20)17-4-3-9-23-13-17/h5-6,12,14,17-18,23H,3-4,7-11,13H2,1-2H3,(H,24,25). The van der Waals surface area contributed by atoms with Gasteiger partial charge in [0, 0.05) is 38.4 Å². The zero-order valence-corrected chi connectivity index (χ0v) is 16.8. The van der Waals surface area contributed by atoms with Crippen LogP contribution >= 0.6 is 0 Å². The van der Waals surface area contributed by atoms with Gasteiger partial charge >= 0.3 is 0 Å². The van der Waals surface area contributed by atoms with Gasteiger partial charge in [-0.25, -0.2) is 0 Å². The Morgan fingerprint density at radius 1 is 1.18 bits per heavy atom. The van der Waals surface area contributed by atoms with Crippen molar-refractivity contribution in [1.82, 2.24) is 20.4 Å². The van der Waals surface area contributed by atoms with E-state index in [-0.39, 0.29) is 12.0 Å². The first-order valence-electron chi connectivity index (χ1n) is 10.4. The van der Waals surface area contributed by atoms with E-state index in [9.17, 15) is 4.79 Å². The van der Waals surface area contributed by atoms with E-state index in [4.69, 9.17) is 4.74 Å². The fourth-order valence-electron chi connectivity index (χ4n) is 4.20. The van der Waals surface area contributed by atoms with E-state index in [1.165, 1.54) is 11.1 Å². The minimum absolute atomic E-state index is 0.0963. The molecule has 1 atom stereocenters. The number of rotatable bonds is 4. The van der Waals surface area contributed by atoms with Crippen molar-refractivity contribution in [1.29, 1.82) is 0 Å². The second-order valence-corrected chi connectivity index (χ2v) is 8.10. The van der Waals surface area contributed by atoms with Gasteiger partial charge in [-0.3, -0.25) is 9.89 Å². The number of nitrogens with zero attached hydrogens (tertiary/aromatic N) is 2. The van der Waals surface area contributed by atoms with E-state index in [2.05, 4.69) is 41.5 Å². The maximum absolute atomic E-state index is 13.1. The molecule has 2 saturated heterocycles. The number of carbonyl (C=O) groups is 1. The van der Waals surface area contributed by atoms with Crippen molar-refractivity contribution < 1.29 is 9.53 Å². The van der Waals surface area contributed by atoms with Crippen LogP contribution in [-0.4, -0.2) is 53.3 Å². The number of ether oxygens (including phenoxy) is 1. The SMILES string of the molecule is Cc1ccc(OC2CCN(C(=O)c3cn[nH]c3C3CCCNC3)CC2)cc1C. The number of carbonyl (C=O) groups excluding carboxylic acids is 1. The molecule has 0 aliphatic carbocycles. The Morgan fingerprint density at radius 2 is 2.00 bits per heavy atom. The van der Waals surface area contributed by atoms with E-state index < -0.39 is 0 Å². The normalized spacial score (nSPS) is 20.9. The van der Waals surface area contributed by atoms with Gasteiger partial charge in [0.1, 0.15) is 11.9 Å². The number of aromatic nitrogens is 2. The first-order valence-corrected chi connectivity index (χ1v) is 10.4. The van der Waals surface area contributed by atoms with Gasteiger partial charge in [0.25, 0.3) is 5.91 Å². The van der Waals surface area contributed by atoms with Crippen LogP contribution in [-0.2, 0) is 0 Å². The highest BCUT2D eigenvalue weighted by Gasteiger charge is 2.29. The summed E-state index contributed by atoms with van der Waals surface area (Å²) in [6.07, 6.45) is 5.81. The third kappa shape index (κ3) is 4.07. The smallest absolute Gasteiger partial charge is 0.257 e. The maximum atomic E-state index is 13.1. The molecule has 2 aromatic rings. The highest BCUT2D eigenvalue weighted by Crippen LogP contribution is 2.27. The molecular formula is C22H30N4O2. The lowest BCUT2D eigenvalue weighted by Crippen LogP contribution is -2.42. The molecule has 2 aliphatic rings. The Kier molecular flexibility index (Phi) is 5.67. The first-order chi connectivity index (χ1) is 13.6. The van der Waals surface area contributed by atoms with Crippen molar-refractivity contribution in [3.8, 4) is 5.75 Å². The number of piperidine rings is 2. The van der Waals surface area contributed by atoms with E-state index >= 15 is 0 Å². The van der Waals surface area contributed by atoms with Gasteiger partial charge in [-0.05, 0) is 56.5 Å². The quantitative estimate of drug-likeness (QED) is 0.852. The molecule has 4 rings (SSSR count). The van der Waals surface area contributed by atoms with Crippen molar-refractivity contribution in [3.05, 3.63) is 46.8 Å². The number of benzene rings is 1. The molecule has 0 saturated carbocycles. The average Bonchev–Trinajstić information content (AvgIpc) is 3.21. The fraction of sp³-hybridized carbons (Fsp3) is 0.545. The van der Waals surface area contributed by atoms with Crippen molar-refractivity contribution in [2.24, 2.45) is 0 Å². The molecule has 6 nitrogen and oxygen atoms in total. The van der Waals surface area contributed by atoms with Crippen LogP contribution in [0.25, 0.3) is 0 Å². The summed E-state index contributed by atoms with van der Waals surface area (Å²) in [4.78, 5) is 15.0. The van der Waals surface area contributed by atoms with Crippen molar-refractivity contribution >= 4 is 5.91 Å². The summed E-state index contributed by atoms with van der Waals surface area (Å²) >= 11 is 0. The monoisotopic (exact) mass is 382 g/mol. The summed E-state index contributed by atoms with van der Waals surface area (Å²) in [5.74, 6) is 1.37. The predicted molar refractivity (Wildman–Crippen MR) is 109 cm³/mol. The molecule has 1 aromatic heterocycles. The number of amides is 1. The summed E-state index contributed by atoms with van der Waals surface area (Å²) < 4.78 is 6.16. The molecular weight excluding hydrogens is 352 g/mol. The van der Waals surface area contributed by atoms with E-state index in [1.54, 1.807) is 6.20 Å². The second-order valence-electron chi connectivity index (χ2n) is 8.10. The molecule has 6 heteroatoms. The Balaban J connectivity index is 1.35. The van der Waals surface area contributed by atoms with Crippen molar-refractivity contribution in [2.45, 2.75) is 51.6 Å². The zero-order valence-electron chi connectivity index (χ0n) is 16.8. The van der Waals surface area contributed by atoms with Gasteiger partial charge in [-0.2, -0.15) is 5.10 Å². The summed E-state index contributed by atoms with van der Waals surface area (Å²) in [5.41, 5.74) is 4.25. The number of nitrogens with one attached hydrogen (secondary N) is 2. The van der Waals surface area contributed by atoms with Crippen LogP contribution in [0.4, 0.5) is 0 Å². The Morgan fingerprint density at radius 3 is 2.71 bits per heavy atom. The number of aromatic amines is 1. The molecule has 2 aliphatic heterocycles. The molecule has 150 valence electrons. The number of hydrogen-bond acceptors (Lipinski definition) is 4. The van der Waals surface area contributed by atoms with E-state index in [0.717, 1.165) is 68.9 Å². The zero-order chi connectivity index (χ0) is 19.5. The Bertz CT molecular complexity index is 818. The summed E-state index contributed by atoms with van der Waals surface area (Å²) in [6.45, 7) is 7.63. The summed E-state index contributed by atoms with van der Waals surface area (Å²) in [5, 5.41) is 10.7. The third-order valence-corrected chi connectivity index (χ3v) is 6.11. The minimum atomic E-state index is 0.0963. The van der Waals surface area contributed by atoms with Gasteiger partial charge in [0.15, 0.2) is 0 Å². The Hall–Kier alpha value is -2.34. The number of aryl methyl sites for hydroxylation is 2. The van der Waals surface area contributed by atoms with Gasteiger partial charge in [-0.15, -0.1) is 0 Å². The molecule has 2 N–H and O–H groups in total. The van der Waals surface area contributed by atoms with Crippen LogP contribution < -0.4 is 10.1 Å². The van der Waals surface area contributed by atoms with Gasteiger partial charge in [0.2, 0.25) is 0 Å². The molecule has 3 heterocycles. The average molecular weight is 383 g/mol. The molecule has 1 amide bonds. The topological polar surface area (TPSA) is 70.2 Å². The molecule has 0 spiro atoms. The van der Waals surface area contributed by atoms with Crippen LogP contribution in [0.5, 0.6) is 5.75 Å². The molecule has 0 radical (unpaired) electrons. The molecule has 2 fully saturated rings. The molecule has 1 aromatic carbocycles. The van der Waals surface area contributed by atoms with Crippen LogP contribution in [0.3, 0.4) is 0 Å². The van der Waals surface area contributed by atoms with Crippen molar-refractivity contribution in [3.63, 3.8) is 0 Å². The van der Waals surface area contributed by atoms with Gasteiger partial charge < -0.3 is 15.0 Å². The molecule has 1 unspecified atom stereocenters. The first kappa shape index (κ1) is 19.0. The van der Waals surface area contributed by atoms with Gasteiger partial charge in [0.05, 0.1) is 17.5 Å². The minimum Gasteiger partial charge on any atom is -0.490 e. The highest BCUT2D eigenvalue weighted by molar-refractivity contribution is 5.95. The second kappa shape index (κ2) is 8.35. The number of hydrogen-bond donors (Lipinski definition) is 2. The van der Waals surface area contributed by atoms with E-state index in [1.807, 2.05) is 11.0 Å². The predicted octanol–water partition coefficient (Wildman–Crippen LogP) is 3.18. The van der Waals surface area contributed by atoms with Crippen LogP contribution in [0.1, 0.15) is 58.8 Å². The Labute approximate surface area is 166 Å². The summed E-state index contributed by atoms with van der Waals surface area (Å²) in [6, 6.07) is 6.24.